The monoisotopic (exact) mass is 528 g/mol. The van der Waals surface area contributed by atoms with Crippen molar-refractivity contribution < 1.29 is 18.0 Å². The molecule has 6 rings (SSSR count). The van der Waals surface area contributed by atoms with Gasteiger partial charge >= 0.3 is 10.2 Å². The molecule has 3 N–H and O–H groups in total. The number of benzene rings is 1. The molecule has 1 heterocycles. The Morgan fingerprint density at radius 1 is 1.12 bits per heavy atom. The molecule has 11 heteroatoms. The van der Waals surface area contributed by atoms with Crippen LogP contribution in [0.5, 0.6) is 0 Å². The molecular formula is C23H30Cl2N4O4S. The van der Waals surface area contributed by atoms with E-state index in [1.807, 2.05) is 0 Å². The largest absolute Gasteiger partial charge is 0.370 e. The van der Waals surface area contributed by atoms with Gasteiger partial charge in [-0.2, -0.15) is 12.7 Å². The average Bonchev–Trinajstić information content (AvgIpc) is 2.71. The van der Waals surface area contributed by atoms with E-state index in [0.29, 0.717) is 41.3 Å². The summed E-state index contributed by atoms with van der Waals surface area (Å²) in [6, 6.07) is 4.72. The SMILES string of the molecule is NC(=O)CC12CC3CC(C1)C(NC(=O)CN1CCCN(c4ccc(Cl)cc4Cl)S1(=O)=O)C(C3)C2. The van der Waals surface area contributed by atoms with Gasteiger partial charge in [-0.1, -0.05) is 23.2 Å². The van der Waals surface area contributed by atoms with E-state index in [1.54, 1.807) is 12.1 Å². The van der Waals surface area contributed by atoms with Gasteiger partial charge in [0.15, 0.2) is 0 Å². The summed E-state index contributed by atoms with van der Waals surface area (Å²) in [5, 5.41) is 3.84. The Bertz CT molecular complexity index is 1100. The second kappa shape index (κ2) is 8.84. The maximum Gasteiger partial charge on any atom is 0.304 e. The van der Waals surface area contributed by atoms with Gasteiger partial charge in [-0.3, -0.25) is 13.9 Å². The number of primary amides is 1. The molecule has 1 aromatic rings. The number of anilines is 1. The molecule has 2 amide bonds. The maximum atomic E-state index is 13.3. The van der Waals surface area contributed by atoms with Crippen molar-refractivity contribution in [1.82, 2.24) is 9.62 Å². The van der Waals surface area contributed by atoms with Crippen LogP contribution in [0, 0.1) is 23.2 Å². The quantitative estimate of drug-likeness (QED) is 0.590. The number of nitrogens with one attached hydrogen (secondary N) is 1. The summed E-state index contributed by atoms with van der Waals surface area (Å²) < 4.78 is 29.1. The number of rotatable bonds is 6. The van der Waals surface area contributed by atoms with Gasteiger partial charge in [0.25, 0.3) is 0 Å². The van der Waals surface area contributed by atoms with Crippen molar-refractivity contribution in [3.63, 3.8) is 0 Å². The van der Waals surface area contributed by atoms with Gasteiger partial charge in [0.05, 0.1) is 17.3 Å². The topological polar surface area (TPSA) is 113 Å². The van der Waals surface area contributed by atoms with Crippen LogP contribution in [0.25, 0.3) is 0 Å². The van der Waals surface area contributed by atoms with Gasteiger partial charge in [-0.25, -0.2) is 0 Å². The fraction of sp³-hybridized carbons (Fsp3) is 0.652. The number of nitrogens with zero attached hydrogens (tertiary/aromatic N) is 2. The summed E-state index contributed by atoms with van der Waals surface area (Å²) in [6.45, 7) is 0.340. The second-order valence-electron chi connectivity index (χ2n) is 10.6. The molecule has 2 unspecified atom stereocenters. The van der Waals surface area contributed by atoms with Gasteiger partial charge in [0.2, 0.25) is 11.8 Å². The van der Waals surface area contributed by atoms with Crippen LogP contribution >= 0.6 is 23.2 Å². The number of carbonyl (C=O) groups excluding carboxylic acids is 2. The van der Waals surface area contributed by atoms with Crippen molar-refractivity contribution in [2.45, 2.75) is 51.0 Å². The van der Waals surface area contributed by atoms with Crippen molar-refractivity contribution in [2.75, 3.05) is 23.9 Å². The number of hydrogen-bond donors (Lipinski definition) is 2. The number of nitrogens with two attached hydrogens (primary N) is 1. The molecule has 1 aromatic carbocycles. The van der Waals surface area contributed by atoms with Crippen LogP contribution in [0.1, 0.15) is 44.9 Å². The summed E-state index contributed by atoms with van der Waals surface area (Å²) in [4.78, 5) is 24.7. The van der Waals surface area contributed by atoms with Crippen LogP contribution in [0.2, 0.25) is 10.0 Å². The van der Waals surface area contributed by atoms with Crippen molar-refractivity contribution >= 4 is 50.9 Å². The van der Waals surface area contributed by atoms with Gasteiger partial charge in [-0.15, -0.1) is 0 Å². The van der Waals surface area contributed by atoms with Crippen LogP contribution in [0.4, 0.5) is 5.69 Å². The first kappa shape index (κ1) is 24.2. The van der Waals surface area contributed by atoms with Crippen molar-refractivity contribution in [1.29, 1.82) is 0 Å². The predicted octanol–water partition coefficient (Wildman–Crippen LogP) is 2.94. The summed E-state index contributed by atoms with van der Waals surface area (Å²) in [5.74, 6) is 0.691. The molecule has 4 bridgehead atoms. The Morgan fingerprint density at radius 2 is 1.82 bits per heavy atom. The Morgan fingerprint density at radius 3 is 2.47 bits per heavy atom. The van der Waals surface area contributed by atoms with E-state index < -0.39 is 10.2 Å². The average molecular weight is 529 g/mol. The van der Waals surface area contributed by atoms with Gasteiger partial charge in [0, 0.05) is 30.6 Å². The molecule has 1 aliphatic heterocycles. The van der Waals surface area contributed by atoms with E-state index in [-0.39, 0.29) is 47.9 Å². The number of amides is 2. The molecule has 8 nitrogen and oxygen atoms in total. The zero-order valence-electron chi connectivity index (χ0n) is 18.9. The number of carbonyl (C=O) groups is 2. The Labute approximate surface area is 210 Å². The zero-order chi connectivity index (χ0) is 24.3. The van der Waals surface area contributed by atoms with E-state index in [1.165, 1.54) is 14.7 Å². The minimum atomic E-state index is -3.91. The zero-order valence-corrected chi connectivity index (χ0v) is 21.2. The maximum absolute atomic E-state index is 13.3. The van der Waals surface area contributed by atoms with Crippen LogP contribution in [0.3, 0.4) is 0 Å². The third kappa shape index (κ3) is 4.40. The fourth-order valence-electron chi connectivity index (χ4n) is 7.26. The lowest BCUT2D eigenvalue weighted by molar-refractivity contribution is -0.134. The summed E-state index contributed by atoms with van der Waals surface area (Å²) >= 11 is 12.2. The molecule has 5 aliphatic rings. The molecule has 0 aromatic heterocycles. The second-order valence-corrected chi connectivity index (χ2v) is 13.3. The molecule has 0 spiro atoms. The lowest BCUT2D eigenvalue weighted by Crippen LogP contribution is -2.61. The molecule has 5 fully saturated rings. The van der Waals surface area contributed by atoms with Crippen molar-refractivity contribution in [3.05, 3.63) is 28.2 Å². The lowest BCUT2D eigenvalue weighted by atomic mass is 9.47. The van der Waals surface area contributed by atoms with Crippen molar-refractivity contribution in [3.8, 4) is 0 Å². The van der Waals surface area contributed by atoms with Gasteiger partial charge in [0.1, 0.15) is 0 Å². The normalized spacial score (nSPS) is 34.2. The summed E-state index contributed by atoms with van der Waals surface area (Å²) in [6.07, 6.45) is 5.96. The minimum absolute atomic E-state index is 0.0158. The number of halogens is 2. The third-order valence-electron chi connectivity index (χ3n) is 8.15. The van der Waals surface area contributed by atoms with Crippen LogP contribution < -0.4 is 15.4 Å². The first-order chi connectivity index (χ1) is 16.1. The van der Waals surface area contributed by atoms with E-state index in [9.17, 15) is 18.0 Å². The summed E-state index contributed by atoms with van der Waals surface area (Å²) in [7, 11) is -3.91. The van der Waals surface area contributed by atoms with Gasteiger partial charge in [-0.05, 0) is 79.9 Å². The highest BCUT2D eigenvalue weighted by atomic mass is 35.5. The standard InChI is InChI=1S/C23H30Cl2N4O4S/c24-17-2-3-19(18(25)8-17)29-5-1-4-28(34(29,32)33)13-21(31)27-22-15-6-14-7-16(22)11-23(9-14,10-15)12-20(26)30/h2-3,8,14-16,22H,1,4-7,9-13H2,(H2,26,30)(H,27,31). The summed E-state index contributed by atoms with van der Waals surface area (Å²) in [5.41, 5.74) is 5.88. The molecule has 1 saturated heterocycles. The molecular weight excluding hydrogens is 499 g/mol. The minimum Gasteiger partial charge on any atom is -0.370 e. The number of hydrogen-bond acceptors (Lipinski definition) is 4. The lowest BCUT2D eigenvalue weighted by Gasteiger charge is -2.60. The first-order valence-electron chi connectivity index (χ1n) is 11.9. The van der Waals surface area contributed by atoms with Crippen LogP contribution in [0.15, 0.2) is 18.2 Å². The van der Waals surface area contributed by atoms with Crippen LogP contribution in [-0.4, -0.2) is 50.2 Å². The third-order valence-corrected chi connectivity index (χ3v) is 10.6. The highest BCUT2D eigenvalue weighted by molar-refractivity contribution is 7.90. The van der Waals surface area contributed by atoms with E-state index >= 15 is 0 Å². The molecule has 34 heavy (non-hydrogen) atoms. The first-order valence-corrected chi connectivity index (χ1v) is 14.0. The van der Waals surface area contributed by atoms with E-state index in [0.717, 1.165) is 32.1 Å². The molecule has 2 atom stereocenters. The molecule has 0 radical (unpaired) electrons. The smallest absolute Gasteiger partial charge is 0.304 e. The van der Waals surface area contributed by atoms with E-state index in [4.69, 9.17) is 28.9 Å². The fourth-order valence-corrected chi connectivity index (χ4v) is 9.50. The predicted molar refractivity (Wildman–Crippen MR) is 131 cm³/mol. The van der Waals surface area contributed by atoms with E-state index in [2.05, 4.69) is 5.32 Å². The Hall–Kier alpha value is -1.55. The molecule has 186 valence electrons. The van der Waals surface area contributed by atoms with Crippen LogP contribution in [-0.2, 0) is 19.8 Å². The van der Waals surface area contributed by atoms with Gasteiger partial charge < -0.3 is 11.1 Å². The molecule has 4 saturated carbocycles. The Kier molecular flexibility index (Phi) is 6.28. The highest BCUT2D eigenvalue weighted by Gasteiger charge is 2.56. The molecule has 4 aliphatic carbocycles. The Balaban J connectivity index is 1.26. The highest BCUT2D eigenvalue weighted by Crippen LogP contribution is 2.61. The van der Waals surface area contributed by atoms with Crippen molar-refractivity contribution in [2.24, 2.45) is 28.9 Å².